The number of aromatic nitrogens is 2. The fourth-order valence-corrected chi connectivity index (χ4v) is 3.38. The summed E-state index contributed by atoms with van der Waals surface area (Å²) in [5.74, 6) is 0.531. The van der Waals surface area contributed by atoms with E-state index in [-0.39, 0.29) is 12.4 Å². The number of aliphatic hydroxyl groups excluding tert-OH is 1. The van der Waals surface area contributed by atoms with Crippen LogP contribution in [0.3, 0.4) is 0 Å². The molecular formula is C19H19FN2OS. The van der Waals surface area contributed by atoms with Crippen molar-refractivity contribution in [2.45, 2.75) is 31.0 Å². The molecule has 5 heteroatoms. The molecule has 3 rings (SSSR count). The monoisotopic (exact) mass is 342 g/mol. The Hall–Kier alpha value is -2.11. The Kier molecular flexibility index (Phi) is 5.33. The smallest absolute Gasteiger partial charge is 0.168 e. The summed E-state index contributed by atoms with van der Waals surface area (Å²) in [7, 11) is 0. The van der Waals surface area contributed by atoms with Gasteiger partial charge in [0, 0.05) is 11.3 Å². The van der Waals surface area contributed by atoms with Crippen LogP contribution in [-0.4, -0.2) is 14.7 Å². The maximum atomic E-state index is 13.9. The summed E-state index contributed by atoms with van der Waals surface area (Å²) >= 11 is 1.59. The number of hydrogen-bond donors (Lipinski definition) is 1. The molecule has 0 saturated heterocycles. The Bertz CT molecular complexity index is 814. The average Bonchev–Trinajstić information content (AvgIpc) is 2.98. The van der Waals surface area contributed by atoms with E-state index in [2.05, 4.69) is 36.2 Å². The summed E-state index contributed by atoms with van der Waals surface area (Å²) < 4.78 is 15.8. The summed E-state index contributed by atoms with van der Waals surface area (Å²) in [6.45, 7) is 2.30. The Labute approximate surface area is 145 Å². The Morgan fingerprint density at radius 2 is 1.88 bits per heavy atom. The molecule has 0 saturated carbocycles. The molecule has 1 aromatic heterocycles. The van der Waals surface area contributed by atoms with Gasteiger partial charge >= 0.3 is 0 Å². The van der Waals surface area contributed by atoms with Crippen LogP contribution >= 0.6 is 11.8 Å². The highest BCUT2D eigenvalue weighted by Crippen LogP contribution is 2.24. The highest BCUT2D eigenvalue weighted by atomic mass is 32.2. The van der Waals surface area contributed by atoms with Crippen LogP contribution in [0.15, 0.2) is 59.9 Å². The normalized spacial score (nSPS) is 11.0. The van der Waals surface area contributed by atoms with Gasteiger partial charge in [-0.25, -0.2) is 9.37 Å². The van der Waals surface area contributed by atoms with E-state index in [9.17, 15) is 9.50 Å². The second-order valence-corrected chi connectivity index (χ2v) is 6.58. The van der Waals surface area contributed by atoms with Crippen molar-refractivity contribution in [1.82, 2.24) is 9.55 Å². The third kappa shape index (κ3) is 3.86. The van der Waals surface area contributed by atoms with Crippen molar-refractivity contribution >= 4 is 11.8 Å². The first kappa shape index (κ1) is 16.7. The summed E-state index contributed by atoms with van der Waals surface area (Å²) in [5.41, 5.74) is 3.70. The lowest BCUT2D eigenvalue weighted by Crippen LogP contribution is -2.07. The van der Waals surface area contributed by atoms with E-state index in [1.165, 1.54) is 17.2 Å². The molecule has 0 aliphatic rings. The molecule has 1 N–H and O–H groups in total. The minimum Gasteiger partial charge on any atom is -0.390 e. The number of benzene rings is 2. The maximum Gasteiger partial charge on any atom is 0.168 e. The van der Waals surface area contributed by atoms with Crippen LogP contribution in [0.2, 0.25) is 0 Å². The number of thioether (sulfide) groups is 1. The van der Waals surface area contributed by atoms with Gasteiger partial charge in [0.2, 0.25) is 0 Å². The molecule has 3 aromatic rings. The summed E-state index contributed by atoms with van der Waals surface area (Å²) in [6, 6.07) is 15.1. The summed E-state index contributed by atoms with van der Waals surface area (Å²) in [5, 5.41) is 10.3. The number of aryl methyl sites for hydroxylation is 1. The van der Waals surface area contributed by atoms with E-state index >= 15 is 0 Å². The van der Waals surface area contributed by atoms with Gasteiger partial charge < -0.3 is 9.67 Å². The van der Waals surface area contributed by atoms with Crippen molar-refractivity contribution < 1.29 is 9.50 Å². The van der Waals surface area contributed by atoms with E-state index < -0.39 is 0 Å². The van der Waals surface area contributed by atoms with E-state index in [0.717, 1.165) is 10.9 Å². The van der Waals surface area contributed by atoms with Crippen LogP contribution in [0, 0.1) is 12.7 Å². The Morgan fingerprint density at radius 3 is 2.58 bits per heavy atom. The third-order valence-corrected chi connectivity index (χ3v) is 4.90. The first-order chi connectivity index (χ1) is 11.7. The highest BCUT2D eigenvalue weighted by molar-refractivity contribution is 7.98. The van der Waals surface area contributed by atoms with Gasteiger partial charge in [-0.1, -0.05) is 59.8 Å². The van der Waals surface area contributed by atoms with Crippen molar-refractivity contribution in [2.24, 2.45) is 0 Å². The fraction of sp³-hybridized carbons (Fsp3) is 0.211. The van der Waals surface area contributed by atoms with E-state index in [1.54, 1.807) is 30.1 Å². The lowest BCUT2D eigenvalue weighted by molar-refractivity contribution is 0.270. The van der Waals surface area contributed by atoms with Gasteiger partial charge in [-0.05, 0) is 18.6 Å². The Balaban J connectivity index is 1.80. The lowest BCUT2D eigenvalue weighted by Gasteiger charge is -2.11. The fourth-order valence-electron chi connectivity index (χ4n) is 2.43. The molecule has 0 bridgehead atoms. The Morgan fingerprint density at radius 1 is 1.12 bits per heavy atom. The first-order valence-corrected chi connectivity index (χ1v) is 8.73. The minimum absolute atomic E-state index is 0.119. The molecule has 124 valence electrons. The second kappa shape index (κ2) is 7.64. The van der Waals surface area contributed by atoms with Crippen LogP contribution in [0.25, 0.3) is 0 Å². The number of nitrogens with zero attached hydrogens (tertiary/aromatic N) is 2. The molecule has 0 fully saturated rings. The van der Waals surface area contributed by atoms with Crippen LogP contribution in [0.4, 0.5) is 4.39 Å². The van der Waals surface area contributed by atoms with E-state index in [4.69, 9.17) is 0 Å². The summed E-state index contributed by atoms with van der Waals surface area (Å²) in [4.78, 5) is 4.39. The maximum absolute atomic E-state index is 13.9. The first-order valence-electron chi connectivity index (χ1n) is 7.74. The molecule has 0 spiro atoms. The number of rotatable bonds is 6. The average molecular weight is 342 g/mol. The molecule has 0 aliphatic carbocycles. The van der Waals surface area contributed by atoms with Crippen LogP contribution in [0.5, 0.6) is 0 Å². The third-order valence-electron chi connectivity index (χ3n) is 3.84. The summed E-state index contributed by atoms with van der Waals surface area (Å²) in [6.07, 6.45) is 1.65. The van der Waals surface area contributed by atoms with Crippen LogP contribution in [-0.2, 0) is 18.9 Å². The molecule has 1 heterocycles. The van der Waals surface area contributed by atoms with Crippen LogP contribution in [0.1, 0.15) is 22.4 Å². The zero-order valence-corrected chi connectivity index (χ0v) is 14.3. The van der Waals surface area contributed by atoms with Gasteiger partial charge in [-0.2, -0.15) is 0 Å². The number of halogens is 1. The van der Waals surface area contributed by atoms with Crippen molar-refractivity contribution in [2.75, 3.05) is 0 Å². The standard InChI is InChI=1S/C19H19FN2OS/c1-14-6-8-15(9-7-14)13-24-19-21-10-17(12-23)22(19)11-16-4-2-3-5-18(16)20/h2-10,23H,11-13H2,1H3. The van der Waals surface area contributed by atoms with Gasteiger partial charge in [0.05, 0.1) is 25.0 Å². The van der Waals surface area contributed by atoms with Gasteiger partial charge in [-0.15, -0.1) is 0 Å². The predicted octanol–water partition coefficient (Wildman–Crippen LogP) is 4.16. The number of hydrogen-bond acceptors (Lipinski definition) is 3. The lowest BCUT2D eigenvalue weighted by atomic mass is 10.2. The zero-order valence-electron chi connectivity index (χ0n) is 13.4. The van der Waals surface area contributed by atoms with Gasteiger partial charge in [0.15, 0.2) is 5.16 Å². The van der Waals surface area contributed by atoms with E-state index in [0.29, 0.717) is 17.8 Å². The largest absolute Gasteiger partial charge is 0.390 e. The van der Waals surface area contributed by atoms with Crippen molar-refractivity contribution in [3.63, 3.8) is 0 Å². The second-order valence-electron chi connectivity index (χ2n) is 5.64. The molecule has 3 nitrogen and oxygen atoms in total. The van der Waals surface area contributed by atoms with Crippen LogP contribution < -0.4 is 0 Å². The number of imidazole rings is 1. The number of aliphatic hydroxyl groups is 1. The van der Waals surface area contributed by atoms with Crippen molar-refractivity contribution in [3.8, 4) is 0 Å². The molecule has 0 amide bonds. The van der Waals surface area contributed by atoms with Gasteiger partial charge in [-0.3, -0.25) is 0 Å². The van der Waals surface area contributed by atoms with E-state index in [1.807, 2.05) is 10.6 Å². The molecule has 0 radical (unpaired) electrons. The van der Waals surface area contributed by atoms with Crippen molar-refractivity contribution in [3.05, 3.63) is 82.9 Å². The zero-order chi connectivity index (χ0) is 16.9. The minimum atomic E-state index is -0.246. The quantitative estimate of drug-likeness (QED) is 0.684. The molecular weight excluding hydrogens is 323 g/mol. The highest BCUT2D eigenvalue weighted by Gasteiger charge is 2.12. The van der Waals surface area contributed by atoms with Crippen molar-refractivity contribution in [1.29, 1.82) is 0 Å². The molecule has 24 heavy (non-hydrogen) atoms. The predicted molar refractivity (Wildman–Crippen MR) is 94.4 cm³/mol. The molecule has 0 aliphatic heterocycles. The SMILES string of the molecule is Cc1ccc(CSc2ncc(CO)n2Cc2ccccc2F)cc1. The molecule has 0 atom stereocenters. The van der Waals surface area contributed by atoms with Gasteiger partial charge in [0.25, 0.3) is 0 Å². The molecule has 2 aromatic carbocycles. The molecule has 0 unspecified atom stereocenters. The topological polar surface area (TPSA) is 38.1 Å². The van der Waals surface area contributed by atoms with Gasteiger partial charge in [0.1, 0.15) is 5.82 Å².